The van der Waals surface area contributed by atoms with Gasteiger partial charge in [-0.1, -0.05) is 6.92 Å². The van der Waals surface area contributed by atoms with E-state index in [-0.39, 0.29) is 11.8 Å². The lowest BCUT2D eigenvalue weighted by Gasteiger charge is -2.52. The monoisotopic (exact) mass is 200 g/mol. The molecule has 0 aliphatic carbocycles. The minimum absolute atomic E-state index is 0.194. The van der Waals surface area contributed by atoms with Crippen LogP contribution in [0.4, 0.5) is 0 Å². The first-order chi connectivity index (χ1) is 6.70. The fourth-order valence-corrected chi connectivity index (χ4v) is 2.69. The molecule has 2 aliphatic heterocycles. The maximum absolute atomic E-state index is 10.4. The number of likely N-dealkylation sites (tertiary alicyclic amines) is 1. The van der Waals surface area contributed by atoms with Crippen molar-refractivity contribution in [2.24, 2.45) is 17.6 Å². The molecule has 82 valence electrons. The zero-order valence-corrected chi connectivity index (χ0v) is 8.78. The Kier molecular flexibility index (Phi) is 2.79. The molecule has 4 heteroatoms. The van der Waals surface area contributed by atoms with Gasteiger partial charge in [-0.05, 0) is 6.54 Å². The molecule has 2 atom stereocenters. The summed E-state index contributed by atoms with van der Waals surface area (Å²) in [7, 11) is 0. The average Bonchev–Trinajstić information content (AvgIpc) is 2.17. The molecule has 0 radical (unpaired) electrons. The summed E-state index contributed by atoms with van der Waals surface area (Å²) < 4.78 is 5.48. The molecule has 0 spiro atoms. The van der Waals surface area contributed by atoms with Crippen molar-refractivity contribution in [3.8, 4) is 0 Å². The third kappa shape index (κ3) is 1.46. The van der Waals surface area contributed by atoms with E-state index in [0.29, 0.717) is 19.8 Å². The van der Waals surface area contributed by atoms with Gasteiger partial charge in [-0.25, -0.2) is 0 Å². The summed E-state index contributed by atoms with van der Waals surface area (Å²) in [6.45, 7) is 6.71. The SMILES string of the molecule is CCN1CC2COCC(C1)C2(O)CN. The van der Waals surface area contributed by atoms with Crippen molar-refractivity contribution in [1.29, 1.82) is 0 Å². The third-order valence-electron chi connectivity index (χ3n) is 3.78. The third-order valence-corrected chi connectivity index (χ3v) is 3.78. The number of fused-ring (bicyclic) bond motifs is 2. The predicted molar refractivity (Wildman–Crippen MR) is 53.9 cm³/mol. The summed E-state index contributed by atoms with van der Waals surface area (Å²) in [5, 5.41) is 10.4. The van der Waals surface area contributed by atoms with Gasteiger partial charge in [0.1, 0.15) is 0 Å². The molecule has 2 unspecified atom stereocenters. The minimum Gasteiger partial charge on any atom is -0.388 e. The van der Waals surface area contributed by atoms with Gasteiger partial charge in [0.05, 0.1) is 18.8 Å². The molecule has 2 bridgehead atoms. The van der Waals surface area contributed by atoms with Gasteiger partial charge in [-0.2, -0.15) is 0 Å². The Bertz CT molecular complexity index is 196. The zero-order valence-electron chi connectivity index (χ0n) is 8.78. The number of hydrogen-bond donors (Lipinski definition) is 2. The van der Waals surface area contributed by atoms with Crippen LogP contribution in [0.2, 0.25) is 0 Å². The van der Waals surface area contributed by atoms with E-state index >= 15 is 0 Å². The molecular formula is C10H20N2O2. The number of hydrogen-bond acceptors (Lipinski definition) is 4. The Morgan fingerprint density at radius 1 is 1.43 bits per heavy atom. The van der Waals surface area contributed by atoms with E-state index in [0.717, 1.165) is 19.6 Å². The van der Waals surface area contributed by atoms with Crippen LogP contribution in [0.1, 0.15) is 6.92 Å². The number of ether oxygens (including phenoxy) is 1. The summed E-state index contributed by atoms with van der Waals surface area (Å²) in [6.07, 6.45) is 0. The van der Waals surface area contributed by atoms with Gasteiger partial charge in [-0.3, -0.25) is 0 Å². The van der Waals surface area contributed by atoms with Crippen molar-refractivity contribution in [3.05, 3.63) is 0 Å². The van der Waals surface area contributed by atoms with Crippen molar-refractivity contribution >= 4 is 0 Å². The Balaban J connectivity index is 2.15. The molecule has 2 fully saturated rings. The quantitative estimate of drug-likeness (QED) is 0.617. The molecule has 4 nitrogen and oxygen atoms in total. The molecule has 0 aromatic rings. The van der Waals surface area contributed by atoms with E-state index in [1.807, 2.05) is 0 Å². The maximum atomic E-state index is 10.4. The van der Waals surface area contributed by atoms with E-state index in [1.54, 1.807) is 0 Å². The normalized spacial score (nSPS) is 43.9. The van der Waals surface area contributed by atoms with Crippen LogP contribution in [-0.4, -0.2) is 55.0 Å². The number of nitrogens with zero attached hydrogens (tertiary/aromatic N) is 1. The highest BCUT2D eigenvalue weighted by Gasteiger charge is 2.50. The highest BCUT2D eigenvalue weighted by Crippen LogP contribution is 2.36. The lowest BCUT2D eigenvalue weighted by molar-refractivity contribution is -0.185. The van der Waals surface area contributed by atoms with Crippen molar-refractivity contribution in [1.82, 2.24) is 4.90 Å². The van der Waals surface area contributed by atoms with E-state index in [9.17, 15) is 5.11 Å². The van der Waals surface area contributed by atoms with Crippen LogP contribution in [0, 0.1) is 11.8 Å². The number of aliphatic hydroxyl groups is 1. The molecule has 0 amide bonds. The van der Waals surface area contributed by atoms with E-state index in [2.05, 4.69) is 11.8 Å². The molecule has 0 aromatic carbocycles. The molecule has 2 rings (SSSR count). The lowest BCUT2D eigenvalue weighted by Crippen LogP contribution is -2.66. The van der Waals surface area contributed by atoms with Crippen LogP contribution < -0.4 is 5.73 Å². The second-order valence-corrected chi connectivity index (χ2v) is 4.48. The Hall–Kier alpha value is -0.160. The van der Waals surface area contributed by atoms with Gasteiger partial charge in [0.15, 0.2) is 0 Å². The van der Waals surface area contributed by atoms with Crippen molar-refractivity contribution < 1.29 is 9.84 Å². The first-order valence-electron chi connectivity index (χ1n) is 5.43. The molecule has 0 aromatic heterocycles. The van der Waals surface area contributed by atoms with E-state index in [4.69, 9.17) is 10.5 Å². The fourth-order valence-electron chi connectivity index (χ4n) is 2.69. The summed E-state index contributed by atoms with van der Waals surface area (Å²) in [5.74, 6) is 0.389. The smallest absolute Gasteiger partial charge is 0.0893 e. The summed E-state index contributed by atoms with van der Waals surface area (Å²) in [4.78, 5) is 2.38. The van der Waals surface area contributed by atoms with Gasteiger partial charge < -0.3 is 20.5 Å². The number of nitrogens with two attached hydrogens (primary N) is 1. The number of rotatable bonds is 2. The van der Waals surface area contributed by atoms with E-state index in [1.165, 1.54) is 0 Å². The van der Waals surface area contributed by atoms with Crippen LogP contribution in [0.3, 0.4) is 0 Å². The topological polar surface area (TPSA) is 58.7 Å². The average molecular weight is 200 g/mol. The molecule has 14 heavy (non-hydrogen) atoms. The Morgan fingerprint density at radius 3 is 2.43 bits per heavy atom. The lowest BCUT2D eigenvalue weighted by atomic mass is 9.72. The number of piperidine rings is 1. The van der Waals surface area contributed by atoms with Crippen molar-refractivity contribution in [2.45, 2.75) is 12.5 Å². The predicted octanol–water partition coefficient (Wildman–Crippen LogP) is -0.726. The van der Waals surface area contributed by atoms with Gasteiger partial charge in [0.2, 0.25) is 0 Å². The van der Waals surface area contributed by atoms with Crippen LogP contribution in [0.5, 0.6) is 0 Å². The zero-order chi connectivity index (χ0) is 10.2. The second kappa shape index (κ2) is 3.77. The van der Waals surface area contributed by atoms with Crippen LogP contribution in [0.25, 0.3) is 0 Å². The molecule has 2 heterocycles. The van der Waals surface area contributed by atoms with Crippen molar-refractivity contribution in [3.63, 3.8) is 0 Å². The Morgan fingerprint density at radius 2 is 2.00 bits per heavy atom. The summed E-state index contributed by atoms with van der Waals surface area (Å²) >= 11 is 0. The van der Waals surface area contributed by atoms with Gasteiger partial charge >= 0.3 is 0 Å². The summed E-state index contributed by atoms with van der Waals surface area (Å²) in [6, 6.07) is 0. The molecular weight excluding hydrogens is 180 g/mol. The molecule has 2 aliphatic rings. The van der Waals surface area contributed by atoms with Gasteiger partial charge in [0, 0.05) is 31.5 Å². The summed E-state index contributed by atoms with van der Waals surface area (Å²) in [5.41, 5.74) is 5.01. The fraction of sp³-hybridized carbons (Fsp3) is 1.00. The van der Waals surface area contributed by atoms with Gasteiger partial charge in [0.25, 0.3) is 0 Å². The first-order valence-corrected chi connectivity index (χ1v) is 5.43. The first kappa shape index (κ1) is 10.4. The second-order valence-electron chi connectivity index (χ2n) is 4.48. The van der Waals surface area contributed by atoms with Gasteiger partial charge in [-0.15, -0.1) is 0 Å². The van der Waals surface area contributed by atoms with Crippen LogP contribution in [-0.2, 0) is 4.74 Å². The molecule has 3 N–H and O–H groups in total. The Labute approximate surface area is 85.0 Å². The highest BCUT2D eigenvalue weighted by atomic mass is 16.5. The molecule has 2 saturated heterocycles. The standard InChI is InChI=1S/C10H20N2O2/c1-2-12-3-8-5-14-6-9(4-12)10(8,13)7-11/h8-9,13H,2-7,11H2,1H3. The van der Waals surface area contributed by atoms with E-state index < -0.39 is 5.60 Å². The maximum Gasteiger partial charge on any atom is 0.0893 e. The minimum atomic E-state index is -0.677. The largest absolute Gasteiger partial charge is 0.388 e. The molecule has 0 saturated carbocycles. The van der Waals surface area contributed by atoms with Crippen LogP contribution in [0.15, 0.2) is 0 Å². The highest BCUT2D eigenvalue weighted by molar-refractivity contribution is 5.01. The van der Waals surface area contributed by atoms with Crippen LogP contribution >= 0.6 is 0 Å². The van der Waals surface area contributed by atoms with Crippen molar-refractivity contribution in [2.75, 3.05) is 39.4 Å².